The minimum atomic E-state index is -7.24. The maximum atomic E-state index is 14.5. The number of hydrogen-bond donors (Lipinski definition) is 0. The van der Waals surface area contributed by atoms with Crippen molar-refractivity contribution in [2.24, 2.45) is 0 Å². The van der Waals surface area contributed by atoms with Crippen LogP contribution in [0, 0.1) is 0 Å². The molecule has 1 aromatic heterocycles. The highest BCUT2D eigenvalue weighted by atomic mass is 32.2. The minimum absolute atomic E-state index is 0.0877. The molecule has 6 aromatic rings. The van der Waals surface area contributed by atoms with Gasteiger partial charge in [-0.1, -0.05) is 115 Å². The number of alkyl halides is 9. The highest BCUT2D eigenvalue weighted by molar-refractivity contribution is 7.81. The van der Waals surface area contributed by atoms with Crippen LogP contribution in [0.4, 0.5) is 39.5 Å². The summed E-state index contributed by atoms with van der Waals surface area (Å²) in [6.07, 6.45) is -7.08. The molecule has 1 unspecified atom stereocenters. The van der Waals surface area contributed by atoms with Crippen molar-refractivity contribution in [3.8, 4) is 51.0 Å². The summed E-state index contributed by atoms with van der Waals surface area (Å²) in [5.74, 6) is -14.2. The highest BCUT2D eigenvalue weighted by Gasteiger charge is 2.84. The number of aromatic nitrogens is 3. The second kappa shape index (κ2) is 12.9. The average Bonchev–Trinajstić information content (AvgIpc) is 3.11. The SMILES string of the molecule is O=S(Oc1ccc2ccccc2c1-c1ccc(-c2nc(-c3ccccc3)nc(-c3ccccc3)n2)cc1)C(F)(F)C(F)(F)C(F)(F)C(F)(F)F. The van der Waals surface area contributed by atoms with E-state index in [9.17, 15) is 43.7 Å². The van der Waals surface area contributed by atoms with Gasteiger partial charge in [0.25, 0.3) is 11.1 Å². The number of nitrogens with zero attached hydrogens (tertiary/aromatic N) is 3. The van der Waals surface area contributed by atoms with Crippen LogP contribution in [0.5, 0.6) is 5.75 Å². The lowest BCUT2D eigenvalue weighted by molar-refractivity contribution is -0.382. The summed E-state index contributed by atoms with van der Waals surface area (Å²) < 4.78 is 139. The monoisotopic (exact) mass is 717 g/mol. The lowest BCUT2D eigenvalue weighted by Gasteiger charge is -2.32. The Bertz CT molecular complexity index is 2130. The minimum Gasteiger partial charge on any atom is -0.395 e. The van der Waals surface area contributed by atoms with Gasteiger partial charge in [-0.3, -0.25) is 0 Å². The fourth-order valence-corrected chi connectivity index (χ4v) is 5.69. The zero-order chi connectivity index (χ0) is 35.9. The molecule has 5 nitrogen and oxygen atoms in total. The van der Waals surface area contributed by atoms with Crippen LogP contribution >= 0.6 is 0 Å². The first kappa shape index (κ1) is 34.5. The molecule has 0 N–H and O–H groups in total. The molecule has 0 radical (unpaired) electrons. The van der Waals surface area contributed by atoms with Gasteiger partial charge in [-0.05, 0) is 22.4 Å². The smallest absolute Gasteiger partial charge is 0.395 e. The van der Waals surface area contributed by atoms with Crippen LogP contribution in [0.25, 0.3) is 56.1 Å². The molecule has 0 saturated heterocycles. The molecule has 0 bridgehead atoms. The summed E-state index contributed by atoms with van der Waals surface area (Å²) in [5.41, 5.74) is 1.96. The first-order valence-electron chi connectivity index (χ1n) is 14.4. The fraction of sp³-hybridized carbons (Fsp3) is 0.114. The lowest BCUT2D eigenvalue weighted by Crippen LogP contribution is -2.62. The summed E-state index contributed by atoms with van der Waals surface area (Å²) in [7, 11) is 0. The molecule has 0 aliphatic rings. The van der Waals surface area contributed by atoms with Crippen molar-refractivity contribution in [1.29, 1.82) is 0 Å². The standard InChI is InChI=1S/C35H20F9N3O2S/c36-32(37,34(40,41)42)33(38,39)35(43,44)50(48)49-27-20-19-21-9-7-8-14-26(21)28(27)22-15-17-25(18-16-22)31-46-29(23-10-3-1-4-11-23)45-30(47-31)24-12-5-2-6-13-24/h1-20H. The second-order valence-electron chi connectivity index (χ2n) is 10.8. The number of rotatable bonds is 9. The normalized spacial score (nSPS) is 13.3. The van der Waals surface area contributed by atoms with E-state index in [1.54, 1.807) is 24.3 Å². The molecule has 5 aromatic carbocycles. The van der Waals surface area contributed by atoms with Gasteiger partial charge in [0.05, 0.1) is 0 Å². The van der Waals surface area contributed by atoms with Crippen molar-refractivity contribution in [3.63, 3.8) is 0 Å². The highest BCUT2D eigenvalue weighted by Crippen LogP contribution is 2.54. The predicted octanol–water partition coefficient (Wildman–Crippen LogP) is 10.2. The Morgan fingerprint density at radius 1 is 0.480 bits per heavy atom. The van der Waals surface area contributed by atoms with Gasteiger partial charge < -0.3 is 4.18 Å². The maximum absolute atomic E-state index is 14.5. The molecule has 0 fully saturated rings. The molecule has 1 heterocycles. The predicted molar refractivity (Wildman–Crippen MR) is 169 cm³/mol. The van der Waals surface area contributed by atoms with Gasteiger partial charge in [0.1, 0.15) is 5.75 Å². The summed E-state index contributed by atoms with van der Waals surface area (Å²) in [4.78, 5) is 13.8. The first-order chi connectivity index (χ1) is 23.6. The third-order valence-corrected chi connectivity index (χ3v) is 8.52. The van der Waals surface area contributed by atoms with Crippen molar-refractivity contribution >= 4 is 21.9 Å². The van der Waals surface area contributed by atoms with Crippen molar-refractivity contribution in [2.45, 2.75) is 23.3 Å². The van der Waals surface area contributed by atoms with Gasteiger partial charge in [-0.15, -0.1) is 0 Å². The van der Waals surface area contributed by atoms with Gasteiger partial charge in [0, 0.05) is 22.3 Å². The summed E-state index contributed by atoms with van der Waals surface area (Å²) in [6, 6.07) is 32.7. The Morgan fingerprint density at radius 2 is 0.920 bits per heavy atom. The van der Waals surface area contributed by atoms with E-state index in [0.717, 1.165) is 6.07 Å². The summed E-state index contributed by atoms with van der Waals surface area (Å²) in [6.45, 7) is 0. The quantitative estimate of drug-likeness (QED) is 0.139. The third-order valence-electron chi connectivity index (χ3n) is 7.51. The number of benzene rings is 5. The summed E-state index contributed by atoms with van der Waals surface area (Å²) in [5, 5.41) is -5.74. The van der Waals surface area contributed by atoms with E-state index in [1.165, 1.54) is 30.3 Å². The van der Waals surface area contributed by atoms with Gasteiger partial charge in [0.15, 0.2) is 17.5 Å². The molecule has 50 heavy (non-hydrogen) atoms. The van der Waals surface area contributed by atoms with Crippen LogP contribution < -0.4 is 4.18 Å². The van der Waals surface area contributed by atoms with Crippen LogP contribution in [-0.2, 0) is 11.1 Å². The van der Waals surface area contributed by atoms with Crippen LogP contribution in [0.1, 0.15) is 0 Å². The van der Waals surface area contributed by atoms with E-state index in [-0.39, 0.29) is 22.3 Å². The molecule has 256 valence electrons. The van der Waals surface area contributed by atoms with E-state index in [4.69, 9.17) is 0 Å². The van der Waals surface area contributed by atoms with E-state index >= 15 is 0 Å². The maximum Gasteiger partial charge on any atom is 0.460 e. The van der Waals surface area contributed by atoms with Gasteiger partial charge in [-0.25, -0.2) is 19.2 Å². The van der Waals surface area contributed by atoms with Crippen molar-refractivity contribution < 1.29 is 47.9 Å². The lowest BCUT2D eigenvalue weighted by atomic mass is 9.96. The van der Waals surface area contributed by atoms with Gasteiger partial charge in [-0.2, -0.15) is 39.5 Å². The average molecular weight is 718 g/mol. The topological polar surface area (TPSA) is 65.0 Å². The molecule has 0 saturated carbocycles. The molecule has 1 atom stereocenters. The Balaban J connectivity index is 1.41. The van der Waals surface area contributed by atoms with Crippen LogP contribution in [0.2, 0.25) is 0 Å². The molecule has 6 rings (SSSR count). The zero-order valence-corrected chi connectivity index (χ0v) is 25.8. The van der Waals surface area contributed by atoms with E-state index < -0.39 is 40.1 Å². The molecular formula is C35H20F9N3O2S. The Labute approximate surface area is 280 Å². The van der Waals surface area contributed by atoms with Crippen LogP contribution in [-0.4, -0.2) is 42.4 Å². The first-order valence-corrected chi connectivity index (χ1v) is 15.5. The molecule has 15 heteroatoms. The molecule has 0 spiro atoms. The summed E-state index contributed by atoms with van der Waals surface area (Å²) >= 11 is -4.73. The van der Waals surface area contributed by atoms with E-state index in [2.05, 4.69) is 19.1 Å². The van der Waals surface area contributed by atoms with Crippen LogP contribution in [0.3, 0.4) is 0 Å². The number of fused-ring (bicyclic) bond motifs is 1. The number of halogens is 9. The molecule has 0 aliphatic heterocycles. The molecular weight excluding hydrogens is 697 g/mol. The largest absolute Gasteiger partial charge is 0.460 e. The van der Waals surface area contributed by atoms with E-state index in [1.807, 2.05) is 60.7 Å². The van der Waals surface area contributed by atoms with Gasteiger partial charge >= 0.3 is 23.3 Å². The Morgan fingerprint density at radius 3 is 1.42 bits per heavy atom. The number of hydrogen-bond acceptors (Lipinski definition) is 5. The van der Waals surface area contributed by atoms with E-state index in [0.29, 0.717) is 33.7 Å². The molecule has 0 aliphatic carbocycles. The van der Waals surface area contributed by atoms with Crippen molar-refractivity contribution in [2.75, 3.05) is 0 Å². The zero-order valence-electron chi connectivity index (χ0n) is 25.0. The molecule has 0 amide bonds. The van der Waals surface area contributed by atoms with Crippen molar-refractivity contribution in [1.82, 2.24) is 15.0 Å². The van der Waals surface area contributed by atoms with Crippen LogP contribution in [0.15, 0.2) is 121 Å². The second-order valence-corrected chi connectivity index (χ2v) is 11.9. The van der Waals surface area contributed by atoms with Gasteiger partial charge in [0.2, 0.25) is 0 Å². The Kier molecular flexibility index (Phi) is 8.89. The van der Waals surface area contributed by atoms with Crippen molar-refractivity contribution in [3.05, 3.63) is 121 Å². The Hall–Kier alpha value is -5.31. The fourth-order valence-electron chi connectivity index (χ4n) is 4.94. The third kappa shape index (κ3) is 6.17.